The molecule has 0 spiro atoms. The third-order valence-corrected chi connectivity index (χ3v) is 7.43. The van der Waals surface area contributed by atoms with Crippen LogP contribution in [-0.4, -0.2) is 66.3 Å². The largest absolute Gasteiger partial charge is 0.481 e. The standard InChI is InChI=1S/C27H33F2N3O5/c1-17(2)19-6-4-5-7-20(19)27(14-32(15-27)12-10-26(24(34)35)11-13-36-16-26)23(33)31-21-9-8-18(3)30-22(21)37-25(28)29/h4-9,17,25H,10-16H2,1-3H3,(H,31,33)(H,34,35). The number of carboxylic acid groups (broad SMARTS) is 1. The number of aliphatic carboxylic acids is 1. The molecule has 1 amide bonds. The van der Waals surface area contributed by atoms with Crippen molar-refractivity contribution in [2.24, 2.45) is 5.41 Å². The number of nitrogens with zero attached hydrogens (tertiary/aromatic N) is 2. The van der Waals surface area contributed by atoms with Crippen molar-refractivity contribution in [1.29, 1.82) is 0 Å². The first-order chi connectivity index (χ1) is 17.6. The van der Waals surface area contributed by atoms with Crippen LogP contribution >= 0.6 is 0 Å². The molecule has 0 saturated carbocycles. The fourth-order valence-electron chi connectivity index (χ4n) is 5.24. The number of aromatic nitrogens is 1. The third-order valence-electron chi connectivity index (χ3n) is 7.43. The second kappa shape index (κ2) is 10.7. The molecule has 2 aliphatic rings. The van der Waals surface area contributed by atoms with Crippen molar-refractivity contribution in [3.8, 4) is 5.88 Å². The van der Waals surface area contributed by atoms with Crippen LogP contribution < -0.4 is 10.1 Å². The molecule has 37 heavy (non-hydrogen) atoms. The minimum atomic E-state index is -3.08. The van der Waals surface area contributed by atoms with E-state index >= 15 is 0 Å². The lowest BCUT2D eigenvalue weighted by atomic mass is 9.69. The maximum absolute atomic E-state index is 13.9. The van der Waals surface area contributed by atoms with Gasteiger partial charge in [0.25, 0.3) is 0 Å². The first-order valence-electron chi connectivity index (χ1n) is 12.4. The molecule has 0 aliphatic carbocycles. The Labute approximate surface area is 215 Å². The SMILES string of the molecule is Cc1ccc(NC(=O)C2(c3ccccc3C(C)C)CN(CCC3(C(=O)O)CCOC3)C2)c(OC(F)F)n1. The van der Waals surface area contributed by atoms with Crippen molar-refractivity contribution in [3.63, 3.8) is 0 Å². The number of anilines is 1. The predicted molar refractivity (Wildman–Crippen MR) is 133 cm³/mol. The maximum atomic E-state index is 13.9. The number of rotatable bonds is 10. The van der Waals surface area contributed by atoms with Crippen molar-refractivity contribution < 1.29 is 33.0 Å². The lowest BCUT2D eigenvalue weighted by Crippen LogP contribution is -2.65. The average Bonchev–Trinajstić information content (AvgIpc) is 3.30. The fraction of sp³-hybridized carbons (Fsp3) is 0.519. The van der Waals surface area contributed by atoms with Crippen molar-refractivity contribution in [2.75, 3.05) is 38.2 Å². The molecule has 2 N–H and O–H groups in total. The Morgan fingerprint density at radius 1 is 1.22 bits per heavy atom. The van der Waals surface area contributed by atoms with E-state index < -0.39 is 23.4 Å². The molecule has 10 heteroatoms. The number of likely N-dealkylation sites (tertiary alicyclic amines) is 1. The molecule has 1 aromatic carbocycles. The molecule has 1 unspecified atom stereocenters. The van der Waals surface area contributed by atoms with E-state index in [4.69, 9.17) is 4.74 Å². The highest BCUT2D eigenvalue weighted by molar-refractivity contribution is 6.01. The number of aryl methyl sites for hydroxylation is 1. The summed E-state index contributed by atoms with van der Waals surface area (Å²) in [5.41, 5.74) is 0.583. The smallest absolute Gasteiger partial charge is 0.388 e. The van der Waals surface area contributed by atoms with Gasteiger partial charge in [0.2, 0.25) is 11.8 Å². The van der Waals surface area contributed by atoms with E-state index in [-0.39, 0.29) is 30.0 Å². The normalized spacial score (nSPS) is 21.2. The van der Waals surface area contributed by atoms with Crippen LogP contribution in [0, 0.1) is 12.3 Å². The number of nitrogens with one attached hydrogen (secondary N) is 1. The topological polar surface area (TPSA) is 101 Å². The van der Waals surface area contributed by atoms with Gasteiger partial charge in [0, 0.05) is 25.4 Å². The molecule has 4 rings (SSSR count). The van der Waals surface area contributed by atoms with Gasteiger partial charge >= 0.3 is 12.6 Å². The molecule has 200 valence electrons. The number of carbonyl (C=O) groups excluding carboxylic acids is 1. The number of ether oxygens (including phenoxy) is 2. The summed E-state index contributed by atoms with van der Waals surface area (Å²) in [7, 11) is 0. The van der Waals surface area contributed by atoms with Crippen molar-refractivity contribution >= 4 is 17.6 Å². The highest BCUT2D eigenvalue weighted by Crippen LogP contribution is 2.42. The zero-order chi connectivity index (χ0) is 26.8. The molecule has 1 aromatic heterocycles. The summed E-state index contributed by atoms with van der Waals surface area (Å²) in [5.74, 6) is -1.40. The zero-order valence-electron chi connectivity index (χ0n) is 21.3. The Morgan fingerprint density at radius 2 is 1.95 bits per heavy atom. The number of hydrogen-bond donors (Lipinski definition) is 2. The number of halogens is 2. The summed E-state index contributed by atoms with van der Waals surface area (Å²) in [6, 6.07) is 10.9. The quantitative estimate of drug-likeness (QED) is 0.487. The van der Waals surface area contributed by atoms with Gasteiger partial charge in [0.15, 0.2) is 0 Å². The van der Waals surface area contributed by atoms with Gasteiger partial charge in [-0.1, -0.05) is 38.1 Å². The Morgan fingerprint density at radius 3 is 2.57 bits per heavy atom. The number of carboxylic acids is 1. The molecule has 2 aliphatic heterocycles. The average molecular weight is 518 g/mol. The number of hydrogen-bond acceptors (Lipinski definition) is 6. The lowest BCUT2D eigenvalue weighted by Gasteiger charge is -2.50. The van der Waals surface area contributed by atoms with Crippen LogP contribution in [0.15, 0.2) is 36.4 Å². The lowest BCUT2D eigenvalue weighted by molar-refractivity contribution is -0.150. The summed E-state index contributed by atoms with van der Waals surface area (Å²) in [5, 5.41) is 12.6. The number of pyridine rings is 1. The second-order valence-electron chi connectivity index (χ2n) is 10.3. The van der Waals surface area contributed by atoms with Gasteiger partial charge in [0.1, 0.15) is 5.69 Å². The van der Waals surface area contributed by atoms with Gasteiger partial charge in [0.05, 0.1) is 17.4 Å². The number of benzene rings is 1. The van der Waals surface area contributed by atoms with Crippen LogP contribution in [0.4, 0.5) is 14.5 Å². The first kappa shape index (κ1) is 26.9. The van der Waals surface area contributed by atoms with E-state index in [1.165, 1.54) is 6.07 Å². The molecule has 1 atom stereocenters. The van der Waals surface area contributed by atoms with E-state index in [0.29, 0.717) is 44.8 Å². The predicted octanol–water partition coefficient (Wildman–Crippen LogP) is 4.19. The number of amides is 1. The van der Waals surface area contributed by atoms with Crippen molar-refractivity contribution in [3.05, 3.63) is 53.2 Å². The van der Waals surface area contributed by atoms with Crippen molar-refractivity contribution in [1.82, 2.24) is 9.88 Å². The van der Waals surface area contributed by atoms with E-state index in [9.17, 15) is 23.5 Å². The van der Waals surface area contributed by atoms with Gasteiger partial charge in [-0.25, -0.2) is 4.98 Å². The van der Waals surface area contributed by atoms with E-state index in [1.54, 1.807) is 13.0 Å². The Hall–Kier alpha value is -3.11. The molecule has 8 nitrogen and oxygen atoms in total. The van der Waals surface area contributed by atoms with E-state index in [0.717, 1.165) is 11.1 Å². The van der Waals surface area contributed by atoms with Crippen LogP contribution in [0.2, 0.25) is 0 Å². The summed E-state index contributed by atoms with van der Waals surface area (Å²) >= 11 is 0. The molecule has 2 saturated heterocycles. The van der Waals surface area contributed by atoms with Gasteiger partial charge in [-0.3, -0.25) is 9.59 Å². The van der Waals surface area contributed by atoms with Crippen LogP contribution in [-0.2, 0) is 19.7 Å². The Bertz CT molecular complexity index is 1140. The minimum absolute atomic E-state index is 0.0729. The number of carbonyl (C=O) groups is 2. The first-order valence-corrected chi connectivity index (χ1v) is 12.4. The molecule has 3 heterocycles. The molecular formula is C27H33F2N3O5. The monoisotopic (exact) mass is 517 g/mol. The highest BCUT2D eigenvalue weighted by Gasteiger charge is 2.52. The minimum Gasteiger partial charge on any atom is -0.481 e. The fourth-order valence-corrected chi connectivity index (χ4v) is 5.24. The maximum Gasteiger partial charge on any atom is 0.388 e. The van der Waals surface area contributed by atoms with Crippen LogP contribution in [0.25, 0.3) is 0 Å². The molecule has 0 bridgehead atoms. The summed E-state index contributed by atoms with van der Waals surface area (Å²) in [6.45, 7) is 4.51. The number of alkyl halides is 2. The van der Waals surface area contributed by atoms with Gasteiger partial charge in [-0.05, 0) is 55.5 Å². The van der Waals surface area contributed by atoms with Gasteiger partial charge in [-0.2, -0.15) is 8.78 Å². The van der Waals surface area contributed by atoms with Crippen molar-refractivity contribution in [2.45, 2.75) is 51.6 Å². The van der Waals surface area contributed by atoms with E-state index in [1.807, 2.05) is 24.3 Å². The summed E-state index contributed by atoms with van der Waals surface area (Å²) in [6.07, 6.45) is 0.880. The summed E-state index contributed by atoms with van der Waals surface area (Å²) < 4.78 is 36.0. The molecule has 0 radical (unpaired) electrons. The third kappa shape index (κ3) is 5.45. The zero-order valence-corrected chi connectivity index (χ0v) is 21.3. The van der Waals surface area contributed by atoms with Gasteiger partial charge < -0.3 is 24.8 Å². The summed E-state index contributed by atoms with van der Waals surface area (Å²) in [4.78, 5) is 31.9. The Kier molecular flexibility index (Phi) is 7.80. The van der Waals surface area contributed by atoms with Gasteiger partial charge in [-0.15, -0.1) is 0 Å². The van der Waals surface area contributed by atoms with E-state index in [2.05, 4.69) is 33.8 Å². The highest BCUT2D eigenvalue weighted by atomic mass is 19.3. The molecule has 2 fully saturated rings. The van der Waals surface area contributed by atoms with Crippen LogP contribution in [0.5, 0.6) is 5.88 Å². The Balaban J connectivity index is 1.60. The van der Waals surface area contributed by atoms with Crippen LogP contribution in [0.3, 0.4) is 0 Å². The van der Waals surface area contributed by atoms with Crippen LogP contribution in [0.1, 0.15) is 49.4 Å². The molecule has 2 aromatic rings. The second-order valence-corrected chi connectivity index (χ2v) is 10.3. The molecular weight excluding hydrogens is 484 g/mol.